The lowest BCUT2D eigenvalue weighted by molar-refractivity contribution is 0.0948. The van der Waals surface area contributed by atoms with Gasteiger partial charge in [-0.25, -0.2) is 4.39 Å². The van der Waals surface area contributed by atoms with Gasteiger partial charge in [0.2, 0.25) is 10.0 Å². The fourth-order valence-corrected chi connectivity index (χ4v) is 2.90. The fourth-order valence-electron chi connectivity index (χ4n) is 2.03. The van der Waals surface area contributed by atoms with E-state index in [0.717, 1.165) is 16.9 Å². The Balaban J connectivity index is 1.60. The molecular weight excluding hydrogens is 379 g/mol. The van der Waals surface area contributed by atoms with E-state index in [4.69, 9.17) is 11.6 Å². The summed E-state index contributed by atoms with van der Waals surface area (Å²) in [5, 5.41) is 13.4. The number of hydrogen-bond acceptors (Lipinski definition) is 5. The van der Waals surface area contributed by atoms with Gasteiger partial charge in [-0.3, -0.25) is 9.59 Å². The molecule has 132 valence electrons. The van der Waals surface area contributed by atoms with Crippen LogP contribution in [0.25, 0.3) is 0 Å². The molecule has 0 aliphatic carbocycles. The van der Waals surface area contributed by atoms with Gasteiger partial charge in [0.25, 0.3) is 11.8 Å². The monoisotopic (exact) mass is 390 g/mol. The van der Waals surface area contributed by atoms with E-state index >= 15 is 0 Å². The Hall–Kier alpha value is -2.84. The van der Waals surface area contributed by atoms with Crippen molar-refractivity contribution in [3.05, 3.63) is 74.9 Å². The smallest absolute Gasteiger partial charge is 0.286 e. The number of carbonyl (C=O) groups excluding carboxylic acids is 2. The number of halogens is 2. The number of aromatic nitrogens is 2. The van der Waals surface area contributed by atoms with Gasteiger partial charge in [0.05, 0.1) is 0 Å². The van der Waals surface area contributed by atoms with Crippen LogP contribution in [0.15, 0.2) is 48.5 Å². The van der Waals surface area contributed by atoms with Crippen molar-refractivity contribution in [1.82, 2.24) is 15.5 Å². The number of amides is 2. The molecule has 0 atom stereocenters. The fraction of sp³-hybridized carbons (Fsp3) is 0.0588. The van der Waals surface area contributed by atoms with Crippen LogP contribution in [0.1, 0.15) is 25.2 Å². The van der Waals surface area contributed by atoms with Crippen molar-refractivity contribution in [2.75, 3.05) is 5.32 Å². The topological polar surface area (TPSA) is 84.0 Å². The lowest BCUT2D eigenvalue weighted by Gasteiger charge is -2.03. The maximum Gasteiger partial charge on any atom is 0.286 e. The minimum Gasteiger partial charge on any atom is -0.346 e. The Kier molecular flexibility index (Phi) is 5.55. The Morgan fingerprint density at radius 1 is 1.04 bits per heavy atom. The molecular formula is C17H12ClFN4O2S. The molecule has 0 saturated carbocycles. The van der Waals surface area contributed by atoms with Crippen LogP contribution in [0.2, 0.25) is 5.02 Å². The number of nitrogens with zero attached hydrogens (tertiary/aromatic N) is 2. The molecule has 0 bridgehead atoms. The number of rotatable bonds is 5. The van der Waals surface area contributed by atoms with Crippen molar-refractivity contribution in [2.45, 2.75) is 6.54 Å². The third-order valence-corrected chi connectivity index (χ3v) is 4.41. The van der Waals surface area contributed by atoms with Gasteiger partial charge in [-0.2, -0.15) is 0 Å². The van der Waals surface area contributed by atoms with Crippen LogP contribution in [0.5, 0.6) is 0 Å². The summed E-state index contributed by atoms with van der Waals surface area (Å²) in [6, 6.07) is 12.4. The Labute approximate surface area is 157 Å². The lowest BCUT2D eigenvalue weighted by Crippen LogP contribution is -2.22. The van der Waals surface area contributed by atoms with E-state index in [2.05, 4.69) is 20.8 Å². The van der Waals surface area contributed by atoms with Gasteiger partial charge in [0, 0.05) is 17.3 Å². The highest BCUT2D eigenvalue weighted by Crippen LogP contribution is 2.15. The molecule has 2 aromatic carbocycles. The highest BCUT2D eigenvalue weighted by atomic mass is 35.5. The molecule has 1 aromatic heterocycles. The van der Waals surface area contributed by atoms with Crippen molar-refractivity contribution in [3.8, 4) is 0 Å². The zero-order chi connectivity index (χ0) is 18.5. The summed E-state index contributed by atoms with van der Waals surface area (Å²) in [5.41, 5.74) is 1.25. The molecule has 3 rings (SSSR count). The molecule has 0 spiro atoms. The summed E-state index contributed by atoms with van der Waals surface area (Å²) in [7, 11) is 0. The van der Waals surface area contributed by atoms with Crippen LogP contribution in [0, 0.1) is 5.82 Å². The van der Waals surface area contributed by atoms with E-state index in [1.165, 1.54) is 24.3 Å². The van der Waals surface area contributed by atoms with E-state index in [1.807, 2.05) is 6.07 Å². The first kappa shape index (κ1) is 18.0. The molecule has 0 radical (unpaired) electrons. The van der Waals surface area contributed by atoms with E-state index in [1.54, 1.807) is 18.2 Å². The number of nitrogens with one attached hydrogen (secondary N) is 2. The third-order valence-electron chi connectivity index (χ3n) is 3.26. The molecule has 6 nitrogen and oxygen atoms in total. The van der Waals surface area contributed by atoms with Gasteiger partial charge in [-0.05, 0) is 42.0 Å². The van der Waals surface area contributed by atoms with Gasteiger partial charge in [0.15, 0.2) is 0 Å². The van der Waals surface area contributed by atoms with E-state index < -0.39 is 17.6 Å². The summed E-state index contributed by atoms with van der Waals surface area (Å²) < 4.78 is 12.9. The Morgan fingerprint density at radius 3 is 2.42 bits per heavy atom. The van der Waals surface area contributed by atoms with E-state index in [-0.39, 0.29) is 16.6 Å². The van der Waals surface area contributed by atoms with Crippen LogP contribution in [0.3, 0.4) is 0 Å². The van der Waals surface area contributed by atoms with Crippen LogP contribution >= 0.6 is 22.9 Å². The third kappa shape index (κ3) is 4.62. The standard InChI is InChI=1S/C17H12ClFN4O2S/c18-11-3-1-2-10(8-11)9-20-14(24)16-22-23-17(26-16)15(25)21-13-6-4-12(19)5-7-13/h1-8H,9H2,(H,20,24)(H,21,25). The average molecular weight is 391 g/mol. The maximum atomic E-state index is 12.9. The molecule has 9 heteroatoms. The summed E-state index contributed by atoms with van der Waals surface area (Å²) in [4.78, 5) is 24.2. The highest BCUT2D eigenvalue weighted by Gasteiger charge is 2.17. The SMILES string of the molecule is O=C(NCc1cccc(Cl)c1)c1nnc(C(=O)Nc2ccc(F)cc2)s1. The van der Waals surface area contributed by atoms with Crippen LogP contribution in [-0.2, 0) is 6.54 Å². The molecule has 2 amide bonds. The zero-order valence-electron chi connectivity index (χ0n) is 13.2. The molecule has 0 saturated heterocycles. The van der Waals surface area contributed by atoms with Gasteiger partial charge in [-0.1, -0.05) is 35.1 Å². The van der Waals surface area contributed by atoms with Crippen molar-refractivity contribution >= 4 is 40.4 Å². The van der Waals surface area contributed by atoms with Gasteiger partial charge >= 0.3 is 0 Å². The van der Waals surface area contributed by atoms with Crippen molar-refractivity contribution < 1.29 is 14.0 Å². The van der Waals surface area contributed by atoms with Gasteiger partial charge in [-0.15, -0.1) is 10.2 Å². The van der Waals surface area contributed by atoms with Crippen LogP contribution < -0.4 is 10.6 Å². The first-order valence-corrected chi connectivity index (χ1v) is 8.64. The normalized spacial score (nSPS) is 10.4. The second-order valence-corrected chi connectivity index (χ2v) is 6.60. The van der Waals surface area contributed by atoms with E-state index in [9.17, 15) is 14.0 Å². The first-order valence-electron chi connectivity index (χ1n) is 7.44. The summed E-state index contributed by atoms with van der Waals surface area (Å²) >= 11 is 6.76. The molecule has 3 aromatic rings. The van der Waals surface area contributed by atoms with Crippen molar-refractivity contribution in [2.24, 2.45) is 0 Å². The highest BCUT2D eigenvalue weighted by molar-refractivity contribution is 7.15. The number of benzene rings is 2. The number of carbonyl (C=O) groups is 2. The molecule has 0 aliphatic heterocycles. The largest absolute Gasteiger partial charge is 0.346 e. The predicted molar refractivity (Wildman–Crippen MR) is 96.9 cm³/mol. The predicted octanol–water partition coefficient (Wildman–Crippen LogP) is 3.51. The van der Waals surface area contributed by atoms with Gasteiger partial charge < -0.3 is 10.6 Å². The molecule has 0 unspecified atom stereocenters. The zero-order valence-corrected chi connectivity index (χ0v) is 14.8. The summed E-state index contributed by atoms with van der Waals surface area (Å²) in [5.74, 6) is -1.37. The molecule has 2 N–H and O–H groups in total. The molecule has 26 heavy (non-hydrogen) atoms. The quantitative estimate of drug-likeness (QED) is 0.698. The minimum atomic E-state index is -0.525. The summed E-state index contributed by atoms with van der Waals surface area (Å²) in [6.07, 6.45) is 0. The maximum absolute atomic E-state index is 12.9. The second kappa shape index (κ2) is 8.03. The van der Waals surface area contributed by atoms with Crippen LogP contribution in [0.4, 0.5) is 10.1 Å². The Morgan fingerprint density at radius 2 is 1.73 bits per heavy atom. The molecule has 1 heterocycles. The Bertz CT molecular complexity index is 946. The number of anilines is 1. The lowest BCUT2D eigenvalue weighted by atomic mass is 10.2. The van der Waals surface area contributed by atoms with Crippen molar-refractivity contribution in [3.63, 3.8) is 0 Å². The number of hydrogen-bond donors (Lipinski definition) is 2. The molecule has 0 aliphatic rings. The molecule has 0 fully saturated rings. The average Bonchev–Trinajstić information content (AvgIpc) is 3.12. The minimum absolute atomic E-state index is 0.0298. The van der Waals surface area contributed by atoms with Crippen LogP contribution in [-0.4, -0.2) is 22.0 Å². The van der Waals surface area contributed by atoms with Gasteiger partial charge in [0.1, 0.15) is 5.82 Å². The second-order valence-electron chi connectivity index (χ2n) is 5.19. The first-order chi connectivity index (χ1) is 12.5. The van der Waals surface area contributed by atoms with E-state index in [0.29, 0.717) is 10.7 Å². The van der Waals surface area contributed by atoms with Crippen molar-refractivity contribution in [1.29, 1.82) is 0 Å². The summed E-state index contributed by atoms with van der Waals surface area (Å²) in [6.45, 7) is 0.274.